The number of nitrogens with zero attached hydrogens (tertiary/aromatic N) is 1. The summed E-state index contributed by atoms with van der Waals surface area (Å²) in [4.78, 5) is 28.1. The maximum absolute atomic E-state index is 12.0. The van der Waals surface area contributed by atoms with Crippen LogP contribution in [0.5, 0.6) is 0 Å². The maximum Gasteiger partial charge on any atom is 0.308 e. The van der Waals surface area contributed by atoms with Crippen molar-refractivity contribution in [3.63, 3.8) is 0 Å². The molecule has 0 bridgehead atoms. The number of aryl methyl sites for hydroxylation is 1. The standard InChI is InChI=1S/C19H18BrN3O5S/c1-12-6-7-15(14(20)10-12)22-17(24)11-28-18(25)8-9-21-19-13-4-2-3-5-16(13)29(26,27)23-19/h2-7,10H,8-9,11H2,1H3,(H,21,23)(H,22,24). The molecule has 0 aromatic heterocycles. The van der Waals surface area contributed by atoms with Crippen molar-refractivity contribution in [2.24, 2.45) is 4.99 Å². The van der Waals surface area contributed by atoms with Crippen LogP contribution in [0, 0.1) is 6.92 Å². The van der Waals surface area contributed by atoms with Gasteiger partial charge >= 0.3 is 5.97 Å². The first-order valence-corrected chi connectivity index (χ1v) is 10.9. The zero-order valence-electron chi connectivity index (χ0n) is 15.4. The predicted molar refractivity (Wildman–Crippen MR) is 111 cm³/mol. The number of carbonyl (C=O) groups is 2. The van der Waals surface area contributed by atoms with Gasteiger partial charge in [0.15, 0.2) is 6.61 Å². The molecule has 1 heterocycles. The van der Waals surface area contributed by atoms with E-state index in [1.807, 2.05) is 19.1 Å². The molecule has 0 saturated carbocycles. The minimum Gasteiger partial charge on any atom is -0.456 e. The minimum atomic E-state index is -3.62. The maximum atomic E-state index is 12.0. The highest BCUT2D eigenvalue weighted by Gasteiger charge is 2.29. The van der Waals surface area contributed by atoms with Gasteiger partial charge in [-0.15, -0.1) is 0 Å². The Bertz CT molecular complexity index is 1100. The van der Waals surface area contributed by atoms with Gasteiger partial charge in [0.05, 0.1) is 23.5 Å². The van der Waals surface area contributed by atoms with Gasteiger partial charge in [0, 0.05) is 10.0 Å². The van der Waals surface area contributed by atoms with Crippen LogP contribution in [0.25, 0.3) is 0 Å². The summed E-state index contributed by atoms with van der Waals surface area (Å²) in [6, 6.07) is 11.9. The lowest BCUT2D eigenvalue weighted by molar-refractivity contribution is -0.147. The molecule has 2 aromatic rings. The monoisotopic (exact) mass is 479 g/mol. The van der Waals surface area contributed by atoms with Gasteiger partial charge in [-0.1, -0.05) is 18.2 Å². The molecule has 0 fully saturated rings. The number of nitrogens with one attached hydrogen (secondary N) is 2. The molecule has 0 saturated heterocycles. The van der Waals surface area contributed by atoms with Crippen LogP contribution in [0.1, 0.15) is 17.5 Å². The second-order valence-corrected chi connectivity index (χ2v) is 8.78. The van der Waals surface area contributed by atoms with Gasteiger partial charge in [0.1, 0.15) is 5.84 Å². The molecule has 152 valence electrons. The van der Waals surface area contributed by atoms with Crippen LogP contribution < -0.4 is 10.0 Å². The van der Waals surface area contributed by atoms with Gasteiger partial charge in [0.25, 0.3) is 15.9 Å². The van der Waals surface area contributed by atoms with Crippen molar-refractivity contribution < 1.29 is 22.7 Å². The number of hydrogen-bond donors (Lipinski definition) is 2. The van der Waals surface area contributed by atoms with Gasteiger partial charge in [0.2, 0.25) is 0 Å². The van der Waals surface area contributed by atoms with E-state index < -0.39 is 28.5 Å². The third-order valence-electron chi connectivity index (χ3n) is 4.01. The highest BCUT2D eigenvalue weighted by molar-refractivity contribution is 9.10. The van der Waals surface area contributed by atoms with E-state index in [1.54, 1.807) is 24.3 Å². The lowest BCUT2D eigenvalue weighted by Gasteiger charge is -2.08. The average Bonchev–Trinajstić information content (AvgIpc) is 2.93. The average molecular weight is 480 g/mol. The fourth-order valence-electron chi connectivity index (χ4n) is 2.64. The molecule has 1 aliphatic rings. The van der Waals surface area contributed by atoms with E-state index in [4.69, 9.17) is 4.74 Å². The number of amides is 1. The topological polar surface area (TPSA) is 114 Å². The van der Waals surface area contributed by atoms with Crippen LogP contribution in [0.15, 0.2) is 56.8 Å². The largest absolute Gasteiger partial charge is 0.456 e. The van der Waals surface area contributed by atoms with E-state index in [0.717, 1.165) is 10.0 Å². The van der Waals surface area contributed by atoms with E-state index in [0.29, 0.717) is 11.3 Å². The minimum absolute atomic E-state index is 0.0240. The molecule has 1 amide bonds. The van der Waals surface area contributed by atoms with Crippen molar-refractivity contribution in [1.82, 2.24) is 4.72 Å². The Balaban J connectivity index is 1.48. The van der Waals surface area contributed by atoms with Gasteiger partial charge < -0.3 is 10.1 Å². The number of halogens is 1. The smallest absolute Gasteiger partial charge is 0.308 e. The summed E-state index contributed by atoms with van der Waals surface area (Å²) in [7, 11) is -3.62. The Morgan fingerprint density at radius 2 is 1.97 bits per heavy atom. The van der Waals surface area contributed by atoms with Crippen molar-refractivity contribution in [2.75, 3.05) is 18.5 Å². The first-order chi connectivity index (χ1) is 13.8. The molecule has 3 rings (SSSR count). The molecule has 0 unspecified atom stereocenters. The van der Waals surface area contributed by atoms with Crippen LogP contribution >= 0.6 is 15.9 Å². The third kappa shape index (κ3) is 5.21. The number of esters is 1. The summed E-state index contributed by atoms with van der Waals surface area (Å²) in [5.41, 5.74) is 2.08. The number of carbonyl (C=O) groups excluding carboxylic acids is 2. The molecule has 1 aliphatic heterocycles. The van der Waals surface area contributed by atoms with Crippen molar-refractivity contribution in [1.29, 1.82) is 0 Å². The first-order valence-electron chi connectivity index (χ1n) is 8.64. The second kappa shape index (κ2) is 8.75. The van der Waals surface area contributed by atoms with Gasteiger partial charge in [-0.25, -0.2) is 8.42 Å². The van der Waals surface area contributed by atoms with E-state index in [1.165, 1.54) is 6.07 Å². The Morgan fingerprint density at radius 1 is 1.21 bits per heavy atom. The Labute approximate surface area is 176 Å². The van der Waals surface area contributed by atoms with Crippen molar-refractivity contribution in [3.8, 4) is 0 Å². The number of sulfonamides is 1. The molecule has 0 aliphatic carbocycles. The number of amidine groups is 1. The summed E-state index contributed by atoms with van der Waals surface area (Å²) in [6.07, 6.45) is -0.0884. The molecule has 10 heteroatoms. The normalized spacial score (nSPS) is 15.4. The number of aliphatic imine (C=N–C) groups is 1. The molecule has 0 radical (unpaired) electrons. The van der Waals surface area contributed by atoms with Crippen LogP contribution in [0.4, 0.5) is 5.69 Å². The summed E-state index contributed by atoms with van der Waals surface area (Å²) in [5, 5.41) is 2.65. The number of fused-ring (bicyclic) bond motifs is 1. The molecule has 0 atom stereocenters. The number of anilines is 1. The van der Waals surface area contributed by atoms with Gasteiger partial charge in [-0.2, -0.15) is 0 Å². The first kappa shape index (κ1) is 21.0. The van der Waals surface area contributed by atoms with Crippen LogP contribution in [0.2, 0.25) is 0 Å². The Morgan fingerprint density at radius 3 is 2.72 bits per heavy atom. The molecular weight excluding hydrogens is 462 g/mol. The summed E-state index contributed by atoms with van der Waals surface area (Å²) in [5.74, 6) is -0.885. The summed E-state index contributed by atoms with van der Waals surface area (Å²) in [6.45, 7) is 1.53. The van der Waals surface area contributed by atoms with Crippen molar-refractivity contribution in [3.05, 3.63) is 58.1 Å². The zero-order valence-corrected chi connectivity index (χ0v) is 17.8. The number of ether oxygens (including phenoxy) is 1. The lowest BCUT2D eigenvalue weighted by atomic mass is 10.2. The fourth-order valence-corrected chi connectivity index (χ4v) is 4.48. The van der Waals surface area contributed by atoms with Crippen LogP contribution in [-0.2, 0) is 24.3 Å². The van der Waals surface area contributed by atoms with Crippen LogP contribution in [-0.4, -0.2) is 39.3 Å². The summed E-state index contributed by atoms with van der Waals surface area (Å²) >= 11 is 3.36. The molecule has 8 nitrogen and oxygen atoms in total. The zero-order chi connectivity index (χ0) is 21.0. The second-order valence-electron chi connectivity index (χ2n) is 6.27. The highest BCUT2D eigenvalue weighted by atomic mass is 79.9. The van der Waals surface area contributed by atoms with E-state index >= 15 is 0 Å². The van der Waals surface area contributed by atoms with Crippen molar-refractivity contribution in [2.45, 2.75) is 18.2 Å². The van der Waals surface area contributed by atoms with E-state index in [9.17, 15) is 18.0 Å². The number of rotatable bonds is 6. The number of hydrogen-bond acceptors (Lipinski definition) is 6. The molecule has 2 N–H and O–H groups in total. The fraction of sp³-hybridized carbons (Fsp3) is 0.211. The van der Waals surface area contributed by atoms with E-state index in [2.05, 4.69) is 31.0 Å². The Hall–Kier alpha value is -2.72. The summed E-state index contributed by atoms with van der Waals surface area (Å²) < 4.78 is 32.0. The SMILES string of the molecule is Cc1ccc(NC(=O)COC(=O)CCN=C2NS(=O)(=O)c3ccccc32)c(Br)c1. The van der Waals surface area contributed by atoms with Crippen LogP contribution in [0.3, 0.4) is 0 Å². The third-order valence-corrected chi connectivity index (χ3v) is 6.06. The molecule has 29 heavy (non-hydrogen) atoms. The van der Waals surface area contributed by atoms with Gasteiger partial charge in [-0.3, -0.25) is 19.3 Å². The molecule has 0 spiro atoms. The number of benzene rings is 2. The highest BCUT2D eigenvalue weighted by Crippen LogP contribution is 2.23. The quantitative estimate of drug-likeness (QED) is 0.617. The predicted octanol–water partition coefficient (Wildman–Crippen LogP) is 2.37. The van der Waals surface area contributed by atoms with Crippen molar-refractivity contribution >= 4 is 49.4 Å². The lowest BCUT2D eigenvalue weighted by Crippen LogP contribution is -2.23. The Kier molecular flexibility index (Phi) is 6.33. The molecule has 2 aromatic carbocycles. The van der Waals surface area contributed by atoms with Gasteiger partial charge in [-0.05, 0) is 52.7 Å². The van der Waals surface area contributed by atoms with E-state index in [-0.39, 0.29) is 23.7 Å². The molecular formula is C19H18BrN3O5S.